The van der Waals surface area contributed by atoms with E-state index in [1.807, 2.05) is 5.32 Å². The largest absolute Gasteiger partial charge is 0.394 e. The fourth-order valence-electron chi connectivity index (χ4n) is 1.83. The Morgan fingerprint density at radius 3 is 2.50 bits per heavy atom. The number of aliphatic hydroxyl groups is 3. The predicted octanol–water partition coefficient (Wildman–Crippen LogP) is -2.78. The Labute approximate surface area is 101 Å². The van der Waals surface area contributed by atoms with E-state index in [-0.39, 0.29) is 5.06 Å². The number of ether oxygens (including phenoxy) is 1. The van der Waals surface area contributed by atoms with E-state index >= 15 is 0 Å². The van der Waals surface area contributed by atoms with Gasteiger partial charge in [0.2, 0.25) is 0 Å². The third-order valence-electron chi connectivity index (χ3n) is 2.82. The van der Waals surface area contributed by atoms with Crippen molar-refractivity contribution >= 4 is 12.1 Å². The number of hydrogen-bond donors (Lipinski definition) is 5. The second-order valence-electron chi connectivity index (χ2n) is 3.97. The maximum atomic E-state index is 11.5. The average molecular weight is 263 g/mol. The van der Waals surface area contributed by atoms with Gasteiger partial charge in [-0.25, -0.2) is 9.59 Å². The minimum absolute atomic E-state index is 0.218. The lowest BCUT2D eigenvalue weighted by molar-refractivity contribution is -0.140. The van der Waals surface area contributed by atoms with Crippen molar-refractivity contribution in [3.05, 3.63) is 0 Å². The van der Waals surface area contributed by atoms with E-state index < -0.39 is 49.9 Å². The fraction of sp³-hybridized carbons (Fsp3) is 0.750. The van der Waals surface area contributed by atoms with Gasteiger partial charge in [-0.1, -0.05) is 0 Å². The molecule has 2 rings (SSSR count). The van der Waals surface area contributed by atoms with Crippen LogP contribution in [0, 0.1) is 0 Å². The number of aliphatic hydroxyl groups excluding tert-OH is 3. The summed E-state index contributed by atoms with van der Waals surface area (Å²) in [5.74, 6) is 0. The maximum Gasteiger partial charge on any atom is 0.350 e. The Kier molecular flexibility index (Phi) is 3.36. The van der Waals surface area contributed by atoms with Gasteiger partial charge < -0.3 is 20.1 Å². The molecule has 0 radical (unpaired) electrons. The molecule has 0 spiro atoms. The average Bonchev–Trinajstić information content (AvgIpc) is 2.61. The minimum Gasteiger partial charge on any atom is -0.394 e. The molecule has 0 aliphatic carbocycles. The molecule has 2 aliphatic rings. The van der Waals surface area contributed by atoms with E-state index in [4.69, 9.17) is 9.84 Å². The smallest absolute Gasteiger partial charge is 0.350 e. The van der Waals surface area contributed by atoms with Crippen molar-refractivity contribution in [3.63, 3.8) is 0 Å². The lowest BCUT2D eigenvalue weighted by Crippen LogP contribution is -2.62. The standard InChI is InChI=1S/C8H13N3O7/c12-1-3-4(13)5(14)6(18-3)10-2-11(17)8(16)9-7(10)15/h3-6,12-14,17H,1-2H2,(H,9,15,16)/t3-,4?,5?,6-/m0/s1. The van der Waals surface area contributed by atoms with Gasteiger partial charge in [0.05, 0.1) is 6.61 Å². The molecule has 102 valence electrons. The lowest BCUT2D eigenvalue weighted by atomic mass is 10.1. The Morgan fingerprint density at radius 1 is 1.28 bits per heavy atom. The molecule has 2 saturated heterocycles. The summed E-state index contributed by atoms with van der Waals surface area (Å²) in [4.78, 5) is 23.3. The van der Waals surface area contributed by atoms with Crippen LogP contribution in [-0.2, 0) is 4.74 Å². The molecule has 0 saturated carbocycles. The van der Waals surface area contributed by atoms with Gasteiger partial charge in [0, 0.05) is 0 Å². The summed E-state index contributed by atoms with van der Waals surface area (Å²) in [5.41, 5.74) is 0. The van der Waals surface area contributed by atoms with E-state index in [1.54, 1.807) is 0 Å². The normalized spacial score (nSPS) is 37.1. The molecule has 2 heterocycles. The number of imide groups is 1. The molecule has 0 aromatic carbocycles. The maximum absolute atomic E-state index is 11.5. The van der Waals surface area contributed by atoms with E-state index in [9.17, 15) is 25.0 Å². The Hall–Kier alpha value is -1.46. The number of nitrogens with zero attached hydrogens (tertiary/aromatic N) is 2. The quantitative estimate of drug-likeness (QED) is 0.339. The Balaban J connectivity index is 2.12. The number of hydrogen-bond acceptors (Lipinski definition) is 7. The molecule has 5 N–H and O–H groups in total. The molecule has 18 heavy (non-hydrogen) atoms. The van der Waals surface area contributed by atoms with Crippen LogP contribution < -0.4 is 5.32 Å². The Morgan fingerprint density at radius 2 is 1.94 bits per heavy atom. The van der Waals surface area contributed by atoms with Gasteiger partial charge in [-0.3, -0.25) is 15.4 Å². The summed E-state index contributed by atoms with van der Waals surface area (Å²) >= 11 is 0. The summed E-state index contributed by atoms with van der Waals surface area (Å²) in [6.45, 7) is -1.05. The van der Waals surface area contributed by atoms with E-state index in [0.29, 0.717) is 0 Å². The third kappa shape index (κ3) is 2.00. The molecular formula is C8H13N3O7. The summed E-state index contributed by atoms with van der Waals surface area (Å²) in [6, 6.07) is -1.87. The van der Waals surface area contributed by atoms with Crippen molar-refractivity contribution in [1.82, 2.24) is 15.3 Å². The SMILES string of the molecule is O=C1NC(=O)N([C@H]2O[C@@H](CO)C(O)C2O)CN1O. The number of carbonyl (C=O) groups excluding carboxylic acids is 2. The summed E-state index contributed by atoms with van der Waals surface area (Å²) < 4.78 is 5.09. The monoisotopic (exact) mass is 263 g/mol. The molecule has 2 unspecified atom stereocenters. The minimum atomic E-state index is -1.45. The first kappa shape index (κ1) is 13.0. The molecule has 10 nitrogen and oxygen atoms in total. The van der Waals surface area contributed by atoms with Gasteiger partial charge >= 0.3 is 12.1 Å². The summed E-state index contributed by atoms with van der Waals surface area (Å²) in [5, 5.41) is 39.3. The molecule has 2 aliphatic heterocycles. The zero-order chi connectivity index (χ0) is 13.4. The first-order valence-electron chi connectivity index (χ1n) is 5.16. The van der Waals surface area contributed by atoms with Crippen LogP contribution in [0.15, 0.2) is 0 Å². The predicted molar refractivity (Wildman–Crippen MR) is 52.0 cm³/mol. The number of urea groups is 2. The number of carbonyl (C=O) groups is 2. The van der Waals surface area contributed by atoms with Crippen LogP contribution in [0.1, 0.15) is 0 Å². The molecule has 10 heteroatoms. The summed E-state index contributed by atoms with van der Waals surface area (Å²) in [6.07, 6.45) is -5.12. The number of amides is 4. The van der Waals surface area contributed by atoms with Crippen LogP contribution in [0.3, 0.4) is 0 Å². The van der Waals surface area contributed by atoms with Crippen LogP contribution in [0.5, 0.6) is 0 Å². The molecule has 2 fully saturated rings. The van der Waals surface area contributed by atoms with Crippen LogP contribution >= 0.6 is 0 Å². The van der Waals surface area contributed by atoms with Crippen molar-refractivity contribution in [1.29, 1.82) is 0 Å². The zero-order valence-electron chi connectivity index (χ0n) is 9.13. The highest BCUT2D eigenvalue weighted by Gasteiger charge is 2.48. The van der Waals surface area contributed by atoms with Gasteiger partial charge in [-0.2, -0.15) is 5.06 Å². The molecule has 4 atom stereocenters. The number of rotatable bonds is 2. The van der Waals surface area contributed by atoms with E-state index in [1.165, 1.54) is 0 Å². The van der Waals surface area contributed by atoms with Gasteiger partial charge in [0.25, 0.3) is 0 Å². The topological polar surface area (TPSA) is 143 Å². The highest BCUT2D eigenvalue weighted by molar-refractivity contribution is 5.95. The van der Waals surface area contributed by atoms with Crippen LogP contribution in [0.4, 0.5) is 9.59 Å². The van der Waals surface area contributed by atoms with Gasteiger partial charge in [0.1, 0.15) is 25.0 Å². The second kappa shape index (κ2) is 4.66. The Bertz CT molecular complexity index is 365. The van der Waals surface area contributed by atoms with Crippen molar-refractivity contribution in [2.24, 2.45) is 0 Å². The van der Waals surface area contributed by atoms with Gasteiger partial charge in [0.15, 0.2) is 6.23 Å². The van der Waals surface area contributed by atoms with E-state index in [0.717, 1.165) is 4.90 Å². The molecule has 0 aromatic heterocycles. The highest BCUT2D eigenvalue weighted by Crippen LogP contribution is 2.25. The molecule has 0 aromatic rings. The highest BCUT2D eigenvalue weighted by atomic mass is 16.6. The van der Waals surface area contributed by atoms with E-state index in [2.05, 4.69) is 0 Å². The van der Waals surface area contributed by atoms with Gasteiger partial charge in [-0.15, -0.1) is 0 Å². The van der Waals surface area contributed by atoms with Crippen LogP contribution in [0.2, 0.25) is 0 Å². The molecule has 4 amide bonds. The fourth-order valence-corrected chi connectivity index (χ4v) is 1.83. The number of hydroxylamine groups is 2. The van der Waals surface area contributed by atoms with Crippen molar-refractivity contribution in [2.45, 2.75) is 24.5 Å². The first-order valence-corrected chi connectivity index (χ1v) is 5.16. The number of nitrogens with one attached hydrogen (secondary N) is 1. The van der Waals surface area contributed by atoms with Crippen molar-refractivity contribution < 1.29 is 34.9 Å². The second-order valence-corrected chi connectivity index (χ2v) is 3.97. The molecule has 0 bridgehead atoms. The summed E-state index contributed by atoms with van der Waals surface area (Å²) in [7, 11) is 0. The third-order valence-corrected chi connectivity index (χ3v) is 2.82. The first-order chi connectivity index (χ1) is 8.45. The van der Waals surface area contributed by atoms with Crippen LogP contribution in [0.25, 0.3) is 0 Å². The van der Waals surface area contributed by atoms with Crippen molar-refractivity contribution in [3.8, 4) is 0 Å². The van der Waals surface area contributed by atoms with Gasteiger partial charge in [-0.05, 0) is 0 Å². The van der Waals surface area contributed by atoms with Crippen LogP contribution in [-0.4, -0.2) is 80.4 Å². The lowest BCUT2D eigenvalue weighted by Gasteiger charge is -2.35. The zero-order valence-corrected chi connectivity index (χ0v) is 9.13. The van der Waals surface area contributed by atoms with Crippen molar-refractivity contribution in [2.75, 3.05) is 13.3 Å². The molecular weight excluding hydrogens is 250 g/mol.